The Kier molecular flexibility index (Phi) is 12.6. The Balaban J connectivity index is 0.000000173. The number of carbonyl (C=O) groups excluding carboxylic acids is 2. The second kappa shape index (κ2) is 16.6. The van der Waals surface area contributed by atoms with E-state index >= 15 is 0 Å². The minimum atomic E-state index is -1.35. The fourth-order valence-electron chi connectivity index (χ4n) is 4.32. The number of methoxy groups -OCH3 is 4. The number of halogens is 2. The third-order valence-electron chi connectivity index (χ3n) is 6.61. The number of aromatic nitrogens is 4. The maximum Gasteiger partial charge on any atom is 0.488 e. The molecule has 15 heteroatoms. The number of nitrogens with one attached hydrogen (secondary N) is 1. The topological polar surface area (TPSA) is 158 Å². The average Bonchev–Trinajstić information content (AvgIpc) is 3.69. The van der Waals surface area contributed by atoms with Crippen LogP contribution in [0.5, 0.6) is 11.5 Å². The number of nitrogens with zero attached hydrogens (tertiary/aromatic N) is 3. The molecule has 0 unspecified atom stereocenters. The Morgan fingerprint density at radius 2 is 1.34 bits per heavy atom. The number of aromatic amines is 1. The van der Waals surface area contributed by atoms with Crippen molar-refractivity contribution >= 4 is 91.5 Å². The van der Waals surface area contributed by atoms with Crippen LogP contribution in [0.3, 0.4) is 0 Å². The zero-order valence-corrected chi connectivity index (χ0v) is 29.9. The molecule has 6 rings (SSSR count). The van der Waals surface area contributed by atoms with Crippen molar-refractivity contribution in [3.05, 3.63) is 103 Å². The molecule has 242 valence electrons. The molecule has 12 nitrogen and oxygen atoms in total. The van der Waals surface area contributed by atoms with E-state index in [0.717, 1.165) is 23.9 Å². The zero-order chi connectivity index (χ0) is 34.1. The van der Waals surface area contributed by atoms with Crippen LogP contribution in [0.1, 0.15) is 21.0 Å². The minimum Gasteiger partial charge on any atom is -0.497 e. The Morgan fingerprint density at radius 3 is 1.91 bits per heavy atom. The van der Waals surface area contributed by atoms with Gasteiger partial charge in [-0.3, -0.25) is 5.10 Å². The maximum atomic E-state index is 12.0. The van der Waals surface area contributed by atoms with E-state index in [1.54, 1.807) is 61.4 Å². The first-order chi connectivity index (χ1) is 22.6. The number of hydrogen-bond acceptors (Lipinski definition) is 10. The molecule has 0 saturated carbocycles. The van der Waals surface area contributed by atoms with Gasteiger partial charge in [0, 0.05) is 17.9 Å². The summed E-state index contributed by atoms with van der Waals surface area (Å²) in [5.74, 6) is 0.408. The Labute approximate surface area is 297 Å². The van der Waals surface area contributed by atoms with Crippen molar-refractivity contribution in [2.75, 3.05) is 28.4 Å². The second-order valence-electron chi connectivity index (χ2n) is 9.52. The van der Waals surface area contributed by atoms with Gasteiger partial charge in [0.05, 0.1) is 45.2 Å². The number of ether oxygens (including phenoxy) is 4. The lowest BCUT2D eigenvalue weighted by molar-refractivity contribution is 0.0587. The van der Waals surface area contributed by atoms with E-state index < -0.39 is 19.1 Å². The molecule has 2 aromatic heterocycles. The summed E-state index contributed by atoms with van der Waals surface area (Å²) in [7, 11) is 4.47. The van der Waals surface area contributed by atoms with E-state index in [1.165, 1.54) is 14.2 Å². The normalized spacial score (nSPS) is 10.3. The largest absolute Gasteiger partial charge is 0.497 e. The van der Waals surface area contributed by atoms with E-state index in [1.807, 2.05) is 42.5 Å². The number of fused-ring (bicyclic) bond motifs is 2. The highest BCUT2D eigenvalue weighted by atomic mass is 127. The first kappa shape index (κ1) is 35.7. The molecule has 0 atom stereocenters. The highest BCUT2D eigenvalue weighted by molar-refractivity contribution is 14.1. The molecule has 0 aliphatic carbocycles. The van der Waals surface area contributed by atoms with Crippen molar-refractivity contribution in [2.45, 2.75) is 0 Å². The molecule has 0 aliphatic rings. The molecular formula is C32H29BI2N4O8. The summed E-state index contributed by atoms with van der Waals surface area (Å²) in [4.78, 5) is 23.3. The van der Waals surface area contributed by atoms with Gasteiger partial charge < -0.3 is 29.0 Å². The van der Waals surface area contributed by atoms with Crippen LogP contribution in [0.15, 0.2) is 84.9 Å². The predicted molar refractivity (Wildman–Crippen MR) is 195 cm³/mol. The highest BCUT2D eigenvalue weighted by Crippen LogP contribution is 2.27. The summed E-state index contributed by atoms with van der Waals surface area (Å²) in [6.07, 6.45) is 0. The van der Waals surface area contributed by atoms with Gasteiger partial charge in [-0.05, 0) is 117 Å². The van der Waals surface area contributed by atoms with Gasteiger partial charge >= 0.3 is 19.1 Å². The van der Waals surface area contributed by atoms with Crippen LogP contribution in [0, 0.1) is 7.14 Å². The van der Waals surface area contributed by atoms with Crippen LogP contribution in [0.2, 0.25) is 0 Å². The quantitative estimate of drug-likeness (QED) is 0.121. The molecule has 0 bridgehead atoms. The smallest absolute Gasteiger partial charge is 0.488 e. The number of carbonyl (C=O) groups is 2. The molecule has 2 heterocycles. The maximum absolute atomic E-state index is 12.0. The van der Waals surface area contributed by atoms with E-state index in [-0.39, 0.29) is 11.4 Å². The van der Waals surface area contributed by atoms with Gasteiger partial charge in [-0.1, -0.05) is 18.2 Å². The summed E-state index contributed by atoms with van der Waals surface area (Å²) in [5.41, 5.74) is 3.56. The van der Waals surface area contributed by atoms with Gasteiger partial charge in [-0.15, -0.1) is 0 Å². The molecule has 47 heavy (non-hydrogen) atoms. The lowest BCUT2D eigenvalue weighted by Crippen LogP contribution is -2.29. The summed E-state index contributed by atoms with van der Waals surface area (Å²) in [6, 6.07) is 25.8. The summed E-state index contributed by atoms with van der Waals surface area (Å²) < 4.78 is 23.6. The lowest BCUT2D eigenvalue weighted by Gasteiger charge is -2.04. The van der Waals surface area contributed by atoms with Gasteiger partial charge in [0.2, 0.25) is 0 Å². The molecule has 0 spiro atoms. The predicted octanol–water partition coefficient (Wildman–Crippen LogP) is 4.75. The van der Waals surface area contributed by atoms with E-state index in [4.69, 9.17) is 24.3 Å². The van der Waals surface area contributed by atoms with E-state index in [2.05, 4.69) is 65.2 Å². The van der Waals surface area contributed by atoms with E-state index in [0.29, 0.717) is 27.7 Å². The second-order valence-corrected chi connectivity index (χ2v) is 12.0. The molecule has 0 aliphatic heterocycles. The van der Waals surface area contributed by atoms with Crippen molar-refractivity contribution in [2.24, 2.45) is 0 Å². The molecule has 4 aromatic carbocycles. The fourth-order valence-corrected chi connectivity index (χ4v) is 5.41. The summed E-state index contributed by atoms with van der Waals surface area (Å²) in [6.45, 7) is 0. The number of hydrogen-bond donors (Lipinski definition) is 3. The van der Waals surface area contributed by atoms with Crippen LogP contribution in [-0.4, -0.2) is 77.5 Å². The fraction of sp³-hybridized carbons (Fsp3) is 0.125. The zero-order valence-electron chi connectivity index (χ0n) is 25.6. The van der Waals surface area contributed by atoms with Gasteiger partial charge in [0.15, 0.2) is 11.4 Å². The number of H-pyrrole nitrogens is 1. The van der Waals surface area contributed by atoms with Crippen molar-refractivity contribution in [1.29, 1.82) is 0 Å². The number of benzene rings is 4. The molecule has 0 saturated heterocycles. The Bertz CT molecular complexity index is 2010. The van der Waals surface area contributed by atoms with Crippen LogP contribution in [-0.2, 0) is 9.47 Å². The minimum absolute atomic E-state index is 0.270. The first-order valence-corrected chi connectivity index (χ1v) is 15.9. The SMILES string of the molecule is COC(=O)c1n[nH]c2ccc(OC)cc12.COC(=O)c1nn(-c2cccc(I)c2)c2ccc(OC)cc12.OB(O)c1cccc(I)c1. The molecular weight excluding hydrogens is 833 g/mol. The van der Waals surface area contributed by atoms with Crippen molar-refractivity contribution in [3.63, 3.8) is 0 Å². The van der Waals surface area contributed by atoms with E-state index in [9.17, 15) is 9.59 Å². The number of rotatable bonds is 6. The van der Waals surface area contributed by atoms with Crippen molar-refractivity contribution in [1.82, 2.24) is 20.0 Å². The van der Waals surface area contributed by atoms with Crippen LogP contribution in [0.25, 0.3) is 27.5 Å². The molecule has 6 aromatic rings. The van der Waals surface area contributed by atoms with Crippen LogP contribution in [0.4, 0.5) is 0 Å². The third kappa shape index (κ3) is 8.79. The standard InChI is InChI=1S/C16H13IN2O3.C10H10N2O3.C6H6BIO2/c1-21-12-6-7-14-13(9-12)15(16(20)22-2)18-19(14)11-5-3-4-10(17)8-11;1-14-6-3-4-8-7(5-6)9(12-11-8)10(13)15-2;8-6-3-1-2-5(4-6)7(9)10/h3-9H,1-2H3;3-5H,1-2H3,(H,11,12);1-4,9-10H. The van der Waals surface area contributed by atoms with Gasteiger partial charge in [0.25, 0.3) is 0 Å². The van der Waals surface area contributed by atoms with Gasteiger partial charge in [-0.2, -0.15) is 10.2 Å². The Hall–Kier alpha value is -4.20. The first-order valence-electron chi connectivity index (χ1n) is 13.7. The molecule has 3 N–H and O–H groups in total. The van der Waals surface area contributed by atoms with Gasteiger partial charge in [-0.25, -0.2) is 14.3 Å². The Morgan fingerprint density at radius 1 is 0.745 bits per heavy atom. The average molecular weight is 862 g/mol. The van der Waals surface area contributed by atoms with Crippen molar-refractivity contribution in [3.8, 4) is 17.2 Å². The summed E-state index contributed by atoms with van der Waals surface area (Å²) in [5, 5.41) is 29.9. The molecule has 0 fully saturated rings. The third-order valence-corrected chi connectivity index (χ3v) is 7.96. The highest BCUT2D eigenvalue weighted by Gasteiger charge is 2.19. The van der Waals surface area contributed by atoms with Gasteiger partial charge in [0.1, 0.15) is 11.5 Å². The molecule has 0 amide bonds. The lowest BCUT2D eigenvalue weighted by atomic mass is 9.81. The number of esters is 2. The van der Waals surface area contributed by atoms with Crippen LogP contribution < -0.4 is 14.9 Å². The monoisotopic (exact) mass is 862 g/mol. The van der Waals surface area contributed by atoms with Crippen molar-refractivity contribution < 1.29 is 38.6 Å². The molecule has 0 radical (unpaired) electrons. The van der Waals surface area contributed by atoms with Crippen LogP contribution >= 0.6 is 45.2 Å². The summed E-state index contributed by atoms with van der Waals surface area (Å²) >= 11 is 4.36.